The van der Waals surface area contributed by atoms with Crippen LogP contribution in [0.2, 0.25) is 0 Å². The Hall–Kier alpha value is -1.71. The van der Waals surface area contributed by atoms with Crippen molar-refractivity contribution in [2.75, 3.05) is 12.3 Å². The molecule has 3 N–H and O–H groups in total. The molecule has 0 aliphatic carbocycles. The number of anilines is 1. The lowest BCUT2D eigenvalue weighted by Crippen LogP contribution is -2.31. The molecule has 0 aliphatic rings. The van der Waals surface area contributed by atoms with Crippen LogP contribution >= 0.6 is 0 Å². The fourth-order valence-electron chi connectivity index (χ4n) is 1.60. The zero-order chi connectivity index (χ0) is 13.5. The topological polar surface area (TPSA) is 64.3 Å². The van der Waals surface area contributed by atoms with Crippen LogP contribution in [0.5, 0.6) is 5.75 Å². The molecule has 0 bridgehead atoms. The van der Waals surface area contributed by atoms with Crippen molar-refractivity contribution in [3.8, 4) is 5.75 Å². The maximum Gasteiger partial charge on any atom is 0.223 e. The maximum atomic E-state index is 11.4. The van der Waals surface area contributed by atoms with E-state index in [4.69, 9.17) is 10.5 Å². The van der Waals surface area contributed by atoms with Gasteiger partial charge in [0.1, 0.15) is 5.75 Å². The fourth-order valence-corrected chi connectivity index (χ4v) is 1.60. The summed E-state index contributed by atoms with van der Waals surface area (Å²) in [5, 5.41) is 2.81. The van der Waals surface area contributed by atoms with E-state index in [9.17, 15) is 4.79 Å². The number of benzene rings is 1. The number of aryl methyl sites for hydroxylation is 1. The third-order valence-electron chi connectivity index (χ3n) is 2.52. The number of nitrogens with one attached hydrogen (secondary N) is 1. The number of amides is 1. The number of hydrogen-bond acceptors (Lipinski definition) is 3. The lowest BCUT2D eigenvalue weighted by atomic mass is 10.1. The first-order valence-corrected chi connectivity index (χ1v) is 6.33. The van der Waals surface area contributed by atoms with Crippen LogP contribution in [0.25, 0.3) is 0 Å². The van der Waals surface area contributed by atoms with Gasteiger partial charge in [0.25, 0.3) is 0 Å². The summed E-state index contributed by atoms with van der Waals surface area (Å²) in [4.78, 5) is 11.4. The Labute approximate surface area is 109 Å². The van der Waals surface area contributed by atoms with E-state index in [1.165, 1.54) is 5.56 Å². The highest BCUT2D eigenvalue weighted by Crippen LogP contribution is 2.22. The van der Waals surface area contributed by atoms with Crippen molar-refractivity contribution < 1.29 is 9.53 Å². The molecule has 4 heteroatoms. The van der Waals surface area contributed by atoms with Crippen molar-refractivity contribution in [3.05, 3.63) is 23.8 Å². The molecule has 0 heterocycles. The number of rotatable bonds is 6. The summed E-state index contributed by atoms with van der Waals surface area (Å²) in [5.41, 5.74) is 7.67. The van der Waals surface area contributed by atoms with Gasteiger partial charge in [0.05, 0.1) is 18.7 Å². The minimum Gasteiger partial charge on any atom is -0.491 e. The standard InChI is InChI=1S/C14H22N2O2/c1-4-11-5-6-13(12(15)9-11)18-8-7-14(17)16-10(2)3/h5-6,9-10H,4,7-8,15H2,1-3H3,(H,16,17). The fraction of sp³-hybridized carbons (Fsp3) is 0.500. The van der Waals surface area contributed by atoms with E-state index in [0.29, 0.717) is 24.5 Å². The number of carbonyl (C=O) groups is 1. The highest BCUT2D eigenvalue weighted by Gasteiger charge is 2.05. The van der Waals surface area contributed by atoms with Gasteiger partial charge in [0.15, 0.2) is 0 Å². The summed E-state index contributed by atoms with van der Waals surface area (Å²) in [7, 11) is 0. The Bertz CT molecular complexity index is 403. The first-order chi connectivity index (χ1) is 8.52. The quantitative estimate of drug-likeness (QED) is 0.760. The minimum atomic E-state index is -0.00579. The van der Waals surface area contributed by atoms with Crippen LogP contribution in [0.3, 0.4) is 0 Å². The SMILES string of the molecule is CCc1ccc(OCCC(=O)NC(C)C)c(N)c1. The first-order valence-electron chi connectivity index (χ1n) is 6.33. The number of nitrogen functional groups attached to an aromatic ring is 1. The van der Waals surface area contributed by atoms with Crippen LogP contribution in [0.1, 0.15) is 32.8 Å². The van der Waals surface area contributed by atoms with E-state index in [1.54, 1.807) is 0 Å². The molecule has 100 valence electrons. The van der Waals surface area contributed by atoms with Crippen molar-refractivity contribution >= 4 is 11.6 Å². The number of ether oxygens (including phenoxy) is 1. The van der Waals surface area contributed by atoms with Crippen molar-refractivity contribution in [1.29, 1.82) is 0 Å². The summed E-state index contributed by atoms with van der Waals surface area (Å²) in [6.07, 6.45) is 1.29. The van der Waals surface area contributed by atoms with E-state index in [2.05, 4.69) is 12.2 Å². The molecule has 1 aromatic carbocycles. The molecular weight excluding hydrogens is 228 g/mol. The number of nitrogens with two attached hydrogens (primary N) is 1. The van der Waals surface area contributed by atoms with Crippen LogP contribution in [-0.4, -0.2) is 18.6 Å². The van der Waals surface area contributed by atoms with Crippen LogP contribution in [0, 0.1) is 0 Å². The number of carbonyl (C=O) groups excluding carboxylic acids is 1. The van der Waals surface area contributed by atoms with Crippen LogP contribution < -0.4 is 15.8 Å². The molecule has 0 radical (unpaired) electrons. The summed E-state index contributed by atoms with van der Waals surface area (Å²) < 4.78 is 5.50. The van der Waals surface area contributed by atoms with Gasteiger partial charge in [-0.25, -0.2) is 0 Å². The molecule has 0 aliphatic heterocycles. The van der Waals surface area contributed by atoms with Gasteiger partial charge in [0.2, 0.25) is 5.91 Å². The zero-order valence-electron chi connectivity index (χ0n) is 11.3. The molecule has 0 spiro atoms. The predicted octanol–water partition coefficient (Wildman–Crippen LogP) is 2.12. The molecule has 0 saturated carbocycles. The maximum absolute atomic E-state index is 11.4. The number of hydrogen-bond donors (Lipinski definition) is 2. The van der Waals surface area contributed by atoms with Crippen LogP contribution in [-0.2, 0) is 11.2 Å². The van der Waals surface area contributed by atoms with Gasteiger partial charge in [0, 0.05) is 6.04 Å². The Morgan fingerprint density at radius 2 is 2.17 bits per heavy atom. The average molecular weight is 250 g/mol. The molecule has 18 heavy (non-hydrogen) atoms. The molecule has 1 rings (SSSR count). The lowest BCUT2D eigenvalue weighted by molar-refractivity contribution is -0.122. The smallest absolute Gasteiger partial charge is 0.223 e. The lowest BCUT2D eigenvalue weighted by Gasteiger charge is -2.11. The first kappa shape index (κ1) is 14.4. The minimum absolute atomic E-state index is 0.00579. The van der Waals surface area contributed by atoms with Gasteiger partial charge >= 0.3 is 0 Å². The van der Waals surface area contributed by atoms with Crippen LogP contribution in [0.15, 0.2) is 18.2 Å². The van der Waals surface area contributed by atoms with Crippen molar-refractivity contribution in [3.63, 3.8) is 0 Å². The van der Waals surface area contributed by atoms with Gasteiger partial charge in [-0.2, -0.15) is 0 Å². The van der Waals surface area contributed by atoms with Gasteiger partial charge in [-0.15, -0.1) is 0 Å². The monoisotopic (exact) mass is 250 g/mol. The van der Waals surface area contributed by atoms with E-state index in [1.807, 2.05) is 32.0 Å². The second kappa shape index (κ2) is 6.89. The van der Waals surface area contributed by atoms with Crippen LogP contribution in [0.4, 0.5) is 5.69 Å². The van der Waals surface area contributed by atoms with Gasteiger partial charge in [-0.05, 0) is 38.0 Å². The summed E-state index contributed by atoms with van der Waals surface area (Å²) in [6, 6.07) is 5.91. The Morgan fingerprint density at radius 1 is 1.44 bits per heavy atom. The van der Waals surface area contributed by atoms with Crippen molar-refractivity contribution in [2.24, 2.45) is 0 Å². The van der Waals surface area contributed by atoms with E-state index < -0.39 is 0 Å². The molecule has 0 unspecified atom stereocenters. The predicted molar refractivity (Wildman–Crippen MR) is 73.6 cm³/mol. The van der Waals surface area contributed by atoms with E-state index in [-0.39, 0.29) is 11.9 Å². The third-order valence-corrected chi connectivity index (χ3v) is 2.52. The largest absolute Gasteiger partial charge is 0.491 e. The van der Waals surface area contributed by atoms with Crippen molar-refractivity contribution in [1.82, 2.24) is 5.32 Å². The van der Waals surface area contributed by atoms with E-state index in [0.717, 1.165) is 6.42 Å². The van der Waals surface area contributed by atoms with Gasteiger partial charge < -0.3 is 15.8 Å². The summed E-state index contributed by atoms with van der Waals surface area (Å²) in [6.45, 7) is 6.28. The Kier molecular flexibility index (Phi) is 5.49. The molecule has 1 aromatic rings. The van der Waals surface area contributed by atoms with E-state index >= 15 is 0 Å². The molecule has 0 fully saturated rings. The summed E-state index contributed by atoms with van der Waals surface area (Å²) in [5.74, 6) is 0.637. The molecular formula is C14H22N2O2. The zero-order valence-corrected chi connectivity index (χ0v) is 11.3. The normalized spacial score (nSPS) is 10.4. The highest BCUT2D eigenvalue weighted by atomic mass is 16.5. The molecule has 0 aromatic heterocycles. The molecule has 0 atom stereocenters. The highest BCUT2D eigenvalue weighted by molar-refractivity contribution is 5.76. The Balaban J connectivity index is 2.42. The van der Waals surface area contributed by atoms with Gasteiger partial charge in [-0.3, -0.25) is 4.79 Å². The van der Waals surface area contributed by atoms with Gasteiger partial charge in [-0.1, -0.05) is 13.0 Å². The molecule has 4 nitrogen and oxygen atoms in total. The third kappa shape index (κ3) is 4.65. The Morgan fingerprint density at radius 3 is 2.72 bits per heavy atom. The molecule has 0 saturated heterocycles. The summed E-state index contributed by atoms with van der Waals surface area (Å²) >= 11 is 0. The second-order valence-corrected chi connectivity index (χ2v) is 4.55. The van der Waals surface area contributed by atoms with Crippen molar-refractivity contribution in [2.45, 2.75) is 39.7 Å². The molecule has 1 amide bonds. The average Bonchev–Trinajstić information content (AvgIpc) is 2.30. The second-order valence-electron chi connectivity index (χ2n) is 4.55.